The van der Waals surface area contributed by atoms with E-state index in [1.165, 1.54) is 0 Å². The minimum Gasteiger partial charge on any atom is -0.372 e. The standard InChI is InChI=1S/C11H20N2O3/c1-3-16-7-10(14)13-9-6-4-5-8(9)11(15)12-2/h8-9H,3-7H2,1-2H3,(H,12,15)(H,13,14). The Morgan fingerprint density at radius 1 is 1.38 bits per heavy atom. The zero-order valence-corrected chi connectivity index (χ0v) is 9.91. The van der Waals surface area contributed by atoms with Crippen LogP contribution in [0.25, 0.3) is 0 Å². The lowest BCUT2D eigenvalue weighted by Crippen LogP contribution is -2.44. The predicted molar refractivity (Wildman–Crippen MR) is 59.8 cm³/mol. The molecule has 0 radical (unpaired) electrons. The van der Waals surface area contributed by atoms with Crippen LogP contribution in [0.5, 0.6) is 0 Å². The van der Waals surface area contributed by atoms with E-state index in [1.807, 2.05) is 6.92 Å². The van der Waals surface area contributed by atoms with Crippen molar-refractivity contribution in [1.82, 2.24) is 10.6 Å². The van der Waals surface area contributed by atoms with Crippen LogP contribution in [0.3, 0.4) is 0 Å². The summed E-state index contributed by atoms with van der Waals surface area (Å²) in [6.45, 7) is 2.45. The summed E-state index contributed by atoms with van der Waals surface area (Å²) in [7, 11) is 1.62. The number of amides is 2. The molecule has 2 atom stereocenters. The molecular weight excluding hydrogens is 208 g/mol. The van der Waals surface area contributed by atoms with Crippen LogP contribution in [0.15, 0.2) is 0 Å². The fourth-order valence-corrected chi connectivity index (χ4v) is 2.08. The van der Waals surface area contributed by atoms with Gasteiger partial charge < -0.3 is 15.4 Å². The monoisotopic (exact) mass is 228 g/mol. The minimum atomic E-state index is -0.136. The van der Waals surface area contributed by atoms with Crippen molar-refractivity contribution < 1.29 is 14.3 Å². The van der Waals surface area contributed by atoms with Crippen LogP contribution in [-0.4, -0.2) is 38.1 Å². The van der Waals surface area contributed by atoms with Gasteiger partial charge in [-0.05, 0) is 19.8 Å². The molecule has 2 N–H and O–H groups in total. The molecule has 1 aliphatic rings. The van der Waals surface area contributed by atoms with Crippen molar-refractivity contribution in [3.8, 4) is 0 Å². The first-order chi connectivity index (χ1) is 7.69. The molecule has 1 rings (SSSR count). The number of carbonyl (C=O) groups excluding carboxylic acids is 2. The number of hydrogen-bond donors (Lipinski definition) is 2. The summed E-state index contributed by atoms with van der Waals surface area (Å²) in [5.41, 5.74) is 0. The first kappa shape index (κ1) is 13.0. The molecule has 0 aromatic rings. The molecule has 16 heavy (non-hydrogen) atoms. The molecule has 0 saturated heterocycles. The normalized spacial score (nSPS) is 24.1. The van der Waals surface area contributed by atoms with E-state index in [-0.39, 0.29) is 30.4 Å². The van der Waals surface area contributed by atoms with Gasteiger partial charge in [0.15, 0.2) is 0 Å². The van der Waals surface area contributed by atoms with Gasteiger partial charge in [0.2, 0.25) is 11.8 Å². The summed E-state index contributed by atoms with van der Waals surface area (Å²) in [5.74, 6) is -0.211. The fourth-order valence-electron chi connectivity index (χ4n) is 2.08. The molecule has 5 nitrogen and oxygen atoms in total. The van der Waals surface area contributed by atoms with Crippen molar-refractivity contribution in [1.29, 1.82) is 0 Å². The van der Waals surface area contributed by atoms with E-state index in [0.717, 1.165) is 19.3 Å². The van der Waals surface area contributed by atoms with Crippen LogP contribution in [0.4, 0.5) is 0 Å². The fraction of sp³-hybridized carbons (Fsp3) is 0.818. The quantitative estimate of drug-likeness (QED) is 0.699. The molecule has 5 heteroatoms. The summed E-state index contributed by atoms with van der Waals surface area (Å²) in [4.78, 5) is 23.0. The van der Waals surface area contributed by atoms with Gasteiger partial charge in [-0.25, -0.2) is 0 Å². The highest BCUT2D eigenvalue weighted by Crippen LogP contribution is 2.25. The van der Waals surface area contributed by atoms with Crippen molar-refractivity contribution in [2.45, 2.75) is 32.2 Å². The summed E-state index contributed by atoms with van der Waals surface area (Å²) < 4.78 is 5.02. The maximum absolute atomic E-state index is 11.5. The Bertz CT molecular complexity index is 256. The Kier molecular flexibility index (Phi) is 5.25. The van der Waals surface area contributed by atoms with E-state index in [1.54, 1.807) is 7.05 Å². The van der Waals surface area contributed by atoms with E-state index in [9.17, 15) is 9.59 Å². The minimum absolute atomic E-state index is 0.0132. The largest absolute Gasteiger partial charge is 0.372 e. The van der Waals surface area contributed by atoms with E-state index in [4.69, 9.17) is 4.74 Å². The van der Waals surface area contributed by atoms with Crippen molar-refractivity contribution in [2.24, 2.45) is 5.92 Å². The lowest BCUT2D eigenvalue weighted by Gasteiger charge is -2.19. The molecule has 0 aliphatic heterocycles. The molecule has 0 spiro atoms. The van der Waals surface area contributed by atoms with Crippen molar-refractivity contribution >= 4 is 11.8 Å². The molecular formula is C11H20N2O3. The molecule has 92 valence electrons. The third kappa shape index (κ3) is 3.48. The lowest BCUT2D eigenvalue weighted by atomic mass is 10.0. The topological polar surface area (TPSA) is 67.4 Å². The smallest absolute Gasteiger partial charge is 0.246 e. The summed E-state index contributed by atoms with van der Waals surface area (Å²) in [6, 6.07) is -0.0343. The van der Waals surface area contributed by atoms with Gasteiger partial charge in [0.25, 0.3) is 0 Å². The average Bonchev–Trinajstić information content (AvgIpc) is 2.73. The summed E-state index contributed by atoms with van der Waals surface area (Å²) in [5, 5.41) is 5.49. The van der Waals surface area contributed by atoms with Crippen LogP contribution >= 0.6 is 0 Å². The highest BCUT2D eigenvalue weighted by Gasteiger charge is 2.33. The second kappa shape index (κ2) is 6.48. The van der Waals surface area contributed by atoms with E-state index < -0.39 is 0 Å². The first-order valence-electron chi connectivity index (χ1n) is 5.77. The first-order valence-corrected chi connectivity index (χ1v) is 5.77. The Morgan fingerprint density at radius 2 is 2.12 bits per heavy atom. The second-order valence-electron chi connectivity index (χ2n) is 3.96. The zero-order chi connectivity index (χ0) is 12.0. The molecule has 1 aliphatic carbocycles. The SMILES string of the molecule is CCOCC(=O)NC1CCCC1C(=O)NC. The van der Waals surface area contributed by atoms with Crippen molar-refractivity contribution in [3.63, 3.8) is 0 Å². The molecule has 0 bridgehead atoms. The van der Waals surface area contributed by atoms with Gasteiger partial charge in [0.05, 0.1) is 5.92 Å². The number of rotatable bonds is 5. The summed E-state index contributed by atoms with van der Waals surface area (Å²) in [6.07, 6.45) is 2.70. The maximum atomic E-state index is 11.5. The zero-order valence-electron chi connectivity index (χ0n) is 9.91. The predicted octanol–water partition coefficient (Wildman–Crippen LogP) is 0.0538. The van der Waals surface area contributed by atoms with E-state index in [0.29, 0.717) is 6.61 Å². The number of hydrogen-bond acceptors (Lipinski definition) is 3. The van der Waals surface area contributed by atoms with Crippen LogP contribution < -0.4 is 10.6 Å². The average molecular weight is 228 g/mol. The number of ether oxygens (including phenoxy) is 1. The molecule has 2 unspecified atom stereocenters. The van der Waals surface area contributed by atoms with Crippen molar-refractivity contribution in [3.05, 3.63) is 0 Å². The van der Waals surface area contributed by atoms with Gasteiger partial charge in [-0.2, -0.15) is 0 Å². The molecule has 0 heterocycles. The number of nitrogens with one attached hydrogen (secondary N) is 2. The molecule has 1 fully saturated rings. The molecule has 2 amide bonds. The molecule has 0 aromatic heterocycles. The Morgan fingerprint density at radius 3 is 2.75 bits per heavy atom. The van der Waals surface area contributed by atoms with Gasteiger partial charge >= 0.3 is 0 Å². The van der Waals surface area contributed by atoms with Gasteiger partial charge in [0, 0.05) is 19.7 Å². The third-order valence-corrected chi connectivity index (χ3v) is 2.88. The Hall–Kier alpha value is -1.10. The third-order valence-electron chi connectivity index (χ3n) is 2.88. The Balaban J connectivity index is 2.40. The lowest BCUT2D eigenvalue weighted by molar-refractivity contribution is -0.128. The molecule has 1 saturated carbocycles. The maximum Gasteiger partial charge on any atom is 0.246 e. The Labute approximate surface area is 95.9 Å². The van der Waals surface area contributed by atoms with Gasteiger partial charge in [0.1, 0.15) is 6.61 Å². The second-order valence-corrected chi connectivity index (χ2v) is 3.96. The van der Waals surface area contributed by atoms with E-state index >= 15 is 0 Å². The highest BCUT2D eigenvalue weighted by atomic mass is 16.5. The molecule has 0 aromatic carbocycles. The van der Waals surface area contributed by atoms with E-state index in [2.05, 4.69) is 10.6 Å². The highest BCUT2D eigenvalue weighted by molar-refractivity contribution is 5.82. The van der Waals surface area contributed by atoms with Crippen LogP contribution in [-0.2, 0) is 14.3 Å². The van der Waals surface area contributed by atoms with Gasteiger partial charge in [-0.15, -0.1) is 0 Å². The van der Waals surface area contributed by atoms with Crippen LogP contribution in [0.1, 0.15) is 26.2 Å². The van der Waals surface area contributed by atoms with Crippen LogP contribution in [0.2, 0.25) is 0 Å². The van der Waals surface area contributed by atoms with Gasteiger partial charge in [-0.1, -0.05) is 6.42 Å². The summed E-state index contributed by atoms with van der Waals surface area (Å²) >= 11 is 0. The van der Waals surface area contributed by atoms with Crippen LogP contribution in [0, 0.1) is 5.92 Å². The number of carbonyl (C=O) groups is 2. The van der Waals surface area contributed by atoms with Gasteiger partial charge in [-0.3, -0.25) is 9.59 Å². The van der Waals surface area contributed by atoms with Crippen molar-refractivity contribution in [2.75, 3.05) is 20.3 Å².